The van der Waals surface area contributed by atoms with Crippen LogP contribution in [-0.4, -0.2) is 5.78 Å². The summed E-state index contributed by atoms with van der Waals surface area (Å²) in [7, 11) is 0. The van der Waals surface area contributed by atoms with Gasteiger partial charge in [0.1, 0.15) is 5.78 Å². The van der Waals surface area contributed by atoms with Crippen molar-refractivity contribution in [2.75, 3.05) is 0 Å². The van der Waals surface area contributed by atoms with Crippen LogP contribution in [0.4, 0.5) is 0 Å². The lowest BCUT2D eigenvalue weighted by molar-refractivity contribution is -0.133. The summed E-state index contributed by atoms with van der Waals surface area (Å²) in [6.45, 7) is 12.8. The number of hydrogen-bond donors (Lipinski definition) is 0. The molecule has 0 N–H and O–H groups in total. The Hall–Kier alpha value is -0.330. The molecule has 0 aliphatic heterocycles. The largest absolute Gasteiger partial charge is 0.299 e. The van der Waals surface area contributed by atoms with E-state index in [-0.39, 0.29) is 11.3 Å². The number of carbonyl (C=O) groups excluding carboxylic acids is 1. The Balaban J connectivity index is 4.64. The van der Waals surface area contributed by atoms with Gasteiger partial charge < -0.3 is 0 Å². The summed E-state index contributed by atoms with van der Waals surface area (Å²) in [6.07, 6.45) is 4.22. The van der Waals surface area contributed by atoms with Gasteiger partial charge in [-0.2, -0.15) is 0 Å². The van der Waals surface area contributed by atoms with Crippen molar-refractivity contribution in [3.63, 3.8) is 0 Å². The predicted octanol–water partition coefficient (Wildman–Crippen LogP) is 4.45. The number of carbonyl (C=O) groups is 1. The van der Waals surface area contributed by atoms with E-state index in [1.165, 1.54) is 6.42 Å². The van der Waals surface area contributed by atoms with Crippen LogP contribution in [0.3, 0.4) is 0 Å². The number of Topliss-reactive ketones (excluding diaryl/α,β-unsaturated/α-hetero) is 1. The molecule has 0 aromatic carbocycles. The van der Waals surface area contributed by atoms with E-state index < -0.39 is 0 Å². The van der Waals surface area contributed by atoms with Gasteiger partial charge >= 0.3 is 0 Å². The molecule has 0 bridgehead atoms. The Morgan fingerprint density at radius 3 is 1.80 bits per heavy atom. The third kappa shape index (κ3) is 3.96. The maximum atomic E-state index is 12.2. The topological polar surface area (TPSA) is 17.1 Å². The van der Waals surface area contributed by atoms with E-state index in [2.05, 4.69) is 27.7 Å². The van der Waals surface area contributed by atoms with Gasteiger partial charge in [-0.15, -0.1) is 0 Å². The summed E-state index contributed by atoms with van der Waals surface area (Å²) in [6, 6.07) is 0. The molecule has 0 fully saturated rings. The van der Waals surface area contributed by atoms with Crippen LogP contribution in [0.15, 0.2) is 0 Å². The van der Waals surface area contributed by atoms with E-state index in [4.69, 9.17) is 0 Å². The van der Waals surface area contributed by atoms with Crippen LogP contribution >= 0.6 is 0 Å². The van der Waals surface area contributed by atoms with Gasteiger partial charge in [-0.05, 0) is 25.2 Å². The Bertz CT molecular complexity index is 188. The van der Waals surface area contributed by atoms with Crippen molar-refractivity contribution in [2.24, 2.45) is 17.3 Å². The smallest absolute Gasteiger partial charge is 0.141 e. The summed E-state index contributed by atoms with van der Waals surface area (Å²) in [5, 5.41) is 0. The van der Waals surface area contributed by atoms with E-state index in [9.17, 15) is 4.79 Å². The molecule has 0 saturated carbocycles. The molecule has 0 aliphatic rings. The number of ketones is 1. The fourth-order valence-electron chi connectivity index (χ4n) is 2.25. The molecule has 0 saturated heterocycles. The molecule has 0 aromatic rings. The highest BCUT2D eigenvalue weighted by atomic mass is 16.1. The second kappa shape index (κ2) is 6.30. The Labute approximate surface area is 95.6 Å². The zero-order valence-electron chi connectivity index (χ0n) is 11.4. The number of hydrogen-bond acceptors (Lipinski definition) is 1. The molecule has 0 aliphatic carbocycles. The summed E-state index contributed by atoms with van der Waals surface area (Å²) in [4.78, 5) is 12.2. The average Bonchev–Trinajstić information content (AvgIpc) is 2.19. The van der Waals surface area contributed by atoms with E-state index in [0.717, 1.165) is 19.3 Å². The van der Waals surface area contributed by atoms with Crippen molar-refractivity contribution in [2.45, 2.75) is 67.2 Å². The molecule has 0 radical (unpaired) electrons. The van der Waals surface area contributed by atoms with Crippen molar-refractivity contribution < 1.29 is 4.79 Å². The highest BCUT2D eigenvalue weighted by molar-refractivity contribution is 5.86. The van der Waals surface area contributed by atoms with Gasteiger partial charge in [-0.1, -0.05) is 48.0 Å². The maximum Gasteiger partial charge on any atom is 0.141 e. The molecular formula is C14H28O. The first-order valence-corrected chi connectivity index (χ1v) is 6.44. The standard InChI is InChI=1S/C14H28O/c1-7-14(8-2,10-9-11(3)4)13(15)12(5)6/h11-12H,7-10H2,1-6H3. The molecule has 0 rings (SSSR count). The molecule has 1 heteroatoms. The molecule has 15 heavy (non-hydrogen) atoms. The van der Waals surface area contributed by atoms with E-state index >= 15 is 0 Å². The Kier molecular flexibility index (Phi) is 6.16. The fraction of sp³-hybridized carbons (Fsp3) is 0.929. The molecular weight excluding hydrogens is 184 g/mol. The monoisotopic (exact) mass is 212 g/mol. The molecule has 90 valence electrons. The van der Waals surface area contributed by atoms with Gasteiger partial charge in [0, 0.05) is 11.3 Å². The van der Waals surface area contributed by atoms with E-state index in [1.807, 2.05) is 13.8 Å². The summed E-state index contributed by atoms with van der Waals surface area (Å²) >= 11 is 0. The van der Waals surface area contributed by atoms with Crippen LogP contribution < -0.4 is 0 Å². The summed E-state index contributed by atoms with van der Waals surface area (Å²) < 4.78 is 0. The van der Waals surface area contributed by atoms with Crippen LogP contribution in [0.5, 0.6) is 0 Å². The molecule has 0 amide bonds. The predicted molar refractivity (Wildman–Crippen MR) is 66.9 cm³/mol. The second-order valence-corrected chi connectivity index (χ2v) is 5.44. The second-order valence-electron chi connectivity index (χ2n) is 5.44. The van der Waals surface area contributed by atoms with Crippen molar-refractivity contribution in [1.82, 2.24) is 0 Å². The first-order chi connectivity index (χ1) is 6.89. The van der Waals surface area contributed by atoms with Crippen LogP contribution in [0, 0.1) is 17.3 Å². The van der Waals surface area contributed by atoms with E-state index in [1.54, 1.807) is 0 Å². The lowest BCUT2D eigenvalue weighted by atomic mass is 9.70. The lowest BCUT2D eigenvalue weighted by Crippen LogP contribution is -2.33. The van der Waals surface area contributed by atoms with Crippen molar-refractivity contribution in [1.29, 1.82) is 0 Å². The third-order valence-corrected chi connectivity index (χ3v) is 3.60. The lowest BCUT2D eigenvalue weighted by Gasteiger charge is -2.32. The van der Waals surface area contributed by atoms with Crippen LogP contribution in [0.2, 0.25) is 0 Å². The molecule has 0 unspecified atom stereocenters. The molecule has 0 aromatic heterocycles. The number of rotatable bonds is 7. The Morgan fingerprint density at radius 2 is 1.53 bits per heavy atom. The first kappa shape index (κ1) is 14.7. The fourth-order valence-corrected chi connectivity index (χ4v) is 2.25. The minimum atomic E-state index is -0.0432. The highest BCUT2D eigenvalue weighted by Crippen LogP contribution is 2.36. The van der Waals surface area contributed by atoms with Crippen LogP contribution in [-0.2, 0) is 4.79 Å². The SMILES string of the molecule is CCC(CC)(CCC(C)C)C(=O)C(C)C. The maximum absolute atomic E-state index is 12.2. The molecule has 0 heterocycles. The third-order valence-electron chi connectivity index (χ3n) is 3.60. The van der Waals surface area contributed by atoms with Gasteiger partial charge in [0.15, 0.2) is 0 Å². The van der Waals surface area contributed by atoms with Gasteiger partial charge in [-0.3, -0.25) is 4.79 Å². The van der Waals surface area contributed by atoms with Gasteiger partial charge in [0.25, 0.3) is 0 Å². The van der Waals surface area contributed by atoms with Crippen molar-refractivity contribution in [3.05, 3.63) is 0 Å². The van der Waals surface area contributed by atoms with Crippen molar-refractivity contribution in [3.8, 4) is 0 Å². The first-order valence-electron chi connectivity index (χ1n) is 6.44. The summed E-state index contributed by atoms with van der Waals surface area (Å²) in [5.41, 5.74) is -0.0432. The zero-order valence-corrected chi connectivity index (χ0v) is 11.4. The van der Waals surface area contributed by atoms with Crippen LogP contribution in [0.1, 0.15) is 67.2 Å². The van der Waals surface area contributed by atoms with Gasteiger partial charge in [0.2, 0.25) is 0 Å². The molecule has 0 spiro atoms. The Morgan fingerprint density at radius 1 is 1.07 bits per heavy atom. The minimum absolute atomic E-state index is 0.0432. The average molecular weight is 212 g/mol. The van der Waals surface area contributed by atoms with Gasteiger partial charge in [-0.25, -0.2) is 0 Å². The minimum Gasteiger partial charge on any atom is -0.299 e. The summed E-state index contributed by atoms with van der Waals surface area (Å²) in [5.74, 6) is 1.34. The zero-order chi connectivity index (χ0) is 12.1. The molecule has 0 atom stereocenters. The normalized spacial score (nSPS) is 12.5. The van der Waals surface area contributed by atoms with E-state index in [0.29, 0.717) is 11.7 Å². The highest BCUT2D eigenvalue weighted by Gasteiger charge is 2.35. The van der Waals surface area contributed by atoms with Crippen molar-refractivity contribution >= 4 is 5.78 Å². The van der Waals surface area contributed by atoms with Gasteiger partial charge in [0.05, 0.1) is 0 Å². The quantitative estimate of drug-likeness (QED) is 0.609. The van der Waals surface area contributed by atoms with Crippen LogP contribution in [0.25, 0.3) is 0 Å². The molecule has 1 nitrogen and oxygen atoms in total.